The van der Waals surface area contributed by atoms with Crippen LogP contribution in [0, 0.1) is 0 Å². The van der Waals surface area contributed by atoms with E-state index in [0.29, 0.717) is 0 Å². The van der Waals surface area contributed by atoms with E-state index in [1.165, 1.54) is 25.3 Å². The molecule has 0 aliphatic carbocycles. The Hall–Kier alpha value is -1.63. The molecule has 21 heavy (non-hydrogen) atoms. The monoisotopic (exact) mass is 316 g/mol. The smallest absolute Gasteiger partial charge is 0.339 e. The highest BCUT2D eigenvalue weighted by molar-refractivity contribution is 6.33. The van der Waals surface area contributed by atoms with Crippen molar-refractivity contribution in [3.8, 4) is 0 Å². The first kappa shape index (κ1) is 17.4. The number of rotatable bonds is 6. The lowest BCUT2D eigenvalue weighted by molar-refractivity contribution is -0.147. The van der Waals surface area contributed by atoms with Crippen molar-refractivity contribution >= 4 is 23.5 Å². The van der Waals surface area contributed by atoms with Gasteiger partial charge in [0.25, 0.3) is 0 Å². The second kappa shape index (κ2) is 7.97. The van der Waals surface area contributed by atoms with Crippen LogP contribution in [0.15, 0.2) is 18.2 Å². The van der Waals surface area contributed by atoms with E-state index in [1.807, 2.05) is 0 Å². The molecule has 0 saturated heterocycles. The first-order valence-electron chi connectivity index (χ1n) is 6.30. The third-order valence-corrected chi connectivity index (χ3v) is 3.11. The predicted molar refractivity (Wildman–Crippen MR) is 75.0 cm³/mol. The summed E-state index contributed by atoms with van der Waals surface area (Å²) < 4.78 is 9.26. The molecule has 2 unspecified atom stereocenters. The SMILES string of the molecule is CCOC(=O)CC(O)C(O)c1ccc(Cl)c(C(=O)OC)c1. The molecule has 6 nitrogen and oxygen atoms in total. The lowest BCUT2D eigenvalue weighted by atomic mass is 10.00. The van der Waals surface area contributed by atoms with E-state index in [9.17, 15) is 19.8 Å². The molecule has 1 aromatic carbocycles. The highest BCUT2D eigenvalue weighted by Crippen LogP contribution is 2.25. The maximum absolute atomic E-state index is 11.5. The number of esters is 2. The number of aliphatic hydroxyl groups is 2. The van der Waals surface area contributed by atoms with E-state index in [1.54, 1.807) is 6.92 Å². The van der Waals surface area contributed by atoms with Gasteiger partial charge in [-0.2, -0.15) is 0 Å². The minimum Gasteiger partial charge on any atom is -0.466 e. The standard InChI is InChI=1S/C14H17ClO6/c1-3-21-12(17)7-11(16)13(18)8-4-5-10(15)9(6-8)14(19)20-2/h4-6,11,13,16,18H,3,7H2,1-2H3. The Balaban J connectivity index is 2.89. The van der Waals surface area contributed by atoms with Crippen molar-refractivity contribution in [3.05, 3.63) is 34.3 Å². The molecule has 1 rings (SSSR count). The van der Waals surface area contributed by atoms with Crippen LogP contribution in [0.5, 0.6) is 0 Å². The number of halogens is 1. The van der Waals surface area contributed by atoms with Crippen LogP contribution >= 0.6 is 11.6 Å². The van der Waals surface area contributed by atoms with Crippen molar-refractivity contribution in [3.63, 3.8) is 0 Å². The Morgan fingerprint density at radius 3 is 2.57 bits per heavy atom. The molecule has 2 atom stereocenters. The van der Waals surface area contributed by atoms with Crippen LogP contribution in [0.25, 0.3) is 0 Å². The summed E-state index contributed by atoms with van der Waals surface area (Å²) in [6.07, 6.45) is -3.06. The van der Waals surface area contributed by atoms with Gasteiger partial charge in [0.1, 0.15) is 6.10 Å². The second-order valence-corrected chi connectivity index (χ2v) is 4.66. The first-order valence-corrected chi connectivity index (χ1v) is 6.68. The zero-order chi connectivity index (χ0) is 16.0. The molecule has 0 spiro atoms. The van der Waals surface area contributed by atoms with Crippen molar-refractivity contribution in [2.75, 3.05) is 13.7 Å². The average molecular weight is 317 g/mol. The fourth-order valence-electron chi connectivity index (χ4n) is 1.72. The Kier molecular flexibility index (Phi) is 6.61. The molecule has 0 aliphatic rings. The van der Waals surface area contributed by atoms with Crippen molar-refractivity contribution < 1.29 is 29.3 Å². The number of methoxy groups -OCH3 is 1. The summed E-state index contributed by atoms with van der Waals surface area (Å²) in [5.74, 6) is -1.28. The molecule has 0 saturated carbocycles. The maximum atomic E-state index is 11.5. The molecule has 116 valence electrons. The van der Waals surface area contributed by atoms with Crippen LogP contribution in [-0.2, 0) is 14.3 Å². The van der Waals surface area contributed by atoms with Crippen LogP contribution in [0.2, 0.25) is 5.02 Å². The molecule has 0 fully saturated rings. The molecule has 0 amide bonds. The summed E-state index contributed by atoms with van der Waals surface area (Å²) in [5.41, 5.74) is 0.315. The summed E-state index contributed by atoms with van der Waals surface area (Å²) in [5, 5.41) is 20.0. The van der Waals surface area contributed by atoms with Gasteiger partial charge < -0.3 is 19.7 Å². The number of aliphatic hydroxyl groups excluding tert-OH is 2. The molecule has 0 bridgehead atoms. The summed E-state index contributed by atoms with van der Waals surface area (Å²) in [6, 6.07) is 4.17. The Bertz CT molecular complexity index is 516. The Morgan fingerprint density at radius 1 is 1.33 bits per heavy atom. The molecule has 2 N–H and O–H groups in total. The van der Waals surface area contributed by atoms with Crippen molar-refractivity contribution in [2.24, 2.45) is 0 Å². The highest BCUT2D eigenvalue weighted by Gasteiger charge is 2.23. The van der Waals surface area contributed by atoms with Crippen molar-refractivity contribution in [1.82, 2.24) is 0 Å². The number of hydrogen-bond donors (Lipinski definition) is 2. The number of carbonyl (C=O) groups excluding carboxylic acids is 2. The van der Waals surface area contributed by atoms with E-state index in [2.05, 4.69) is 4.74 Å². The molecule has 7 heteroatoms. The zero-order valence-electron chi connectivity index (χ0n) is 11.7. The molecular weight excluding hydrogens is 300 g/mol. The minimum absolute atomic E-state index is 0.0686. The van der Waals surface area contributed by atoms with E-state index in [-0.39, 0.29) is 29.2 Å². The lowest BCUT2D eigenvalue weighted by Crippen LogP contribution is -2.23. The van der Waals surface area contributed by atoms with Crippen LogP contribution in [0.1, 0.15) is 35.4 Å². The normalized spacial score (nSPS) is 13.4. The quantitative estimate of drug-likeness (QED) is 0.772. The first-order chi connectivity index (χ1) is 9.90. The topological polar surface area (TPSA) is 93.1 Å². The lowest BCUT2D eigenvalue weighted by Gasteiger charge is -2.18. The van der Waals surface area contributed by atoms with Gasteiger partial charge >= 0.3 is 11.9 Å². The minimum atomic E-state index is -1.35. The molecule has 1 aromatic rings. The molecule has 0 aliphatic heterocycles. The van der Waals surface area contributed by atoms with Crippen LogP contribution in [0.4, 0.5) is 0 Å². The zero-order valence-corrected chi connectivity index (χ0v) is 12.5. The molecule has 0 radical (unpaired) electrons. The van der Waals surface area contributed by atoms with E-state index in [4.69, 9.17) is 16.3 Å². The third-order valence-electron chi connectivity index (χ3n) is 2.78. The number of ether oxygens (including phenoxy) is 2. The van der Waals surface area contributed by atoms with Gasteiger partial charge in [-0.05, 0) is 24.6 Å². The second-order valence-electron chi connectivity index (χ2n) is 4.25. The van der Waals surface area contributed by atoms with Gasteiger partial charge in [-0.3, -0.25) is 4.79 Å². The largest absolute Gasteiger partial charge is 0.466 e. The van der Waals surface area contributed by atoms with Gasteiger partial charge in [-0.25, -0.2) is 4.79 Å². The van der Waals surface area contributed by atoms with Crippen LogP contribution in [-0.4, -0.2) is 42.0 Å². The Labute approximate surface area is 127 Å². The van der Waals surface area contributed by atoms with Crippen molar-refractivity contribution in [1.29, 1.82) is 0 Å². The summed E-state index contributed by atoms with van der Waals surface area (Å²) >= 11 is 5.86. The van der Waals surface area contributed by atoms with Gasteiger partial charge in [-0.15, -0.1) is 0 Å². The number of carbonyl (C=O) groups is 2. The fraction of sp³-hybridized carbons (Fsp3) is 0.429. The molecule has 0 heterocycles. The van der Waals surface area contributed by atoms with E-state index < -0.39 is 24.1 Å². The van der Waals surface area contributed by atoms with E-state index in [0.717, 1.165) is 0 Å². The molecule has 0 aromatic heterocycles. The predicted octanol–water partition coefficient (Wildman–Crippen LogP) is 1.47. The fourth-order valence-corrected chi connectivity index (χ4v) is 1.91. The number of hydrogen-bond acceptors (Lipinski definition) is 6. The van der Waals surface area contributed by atoms with Crippen LogP contribution < -0.4 is 0 Å². The van der Waals surface area contributed by atoms with Gasteiger partial charge in [0.2, 0.25) is 0 Å². The van der Waals surface area contributed by atoms with Gasteiger partial charge in [0.05, 0.1) is 36.8 Å². The van der Waals surface area contributed by atoms with Gasteiger partial charge in [-0.1, -0.05) is 17.7 Å². The molecular formula is C14H17ClO6. The third kappa shape index (κ3) is 4.70. The average Bonchev–Trinajstić information content (AvgIpc) is 2.46. The van der Waals surface area contributed by atoms with E-state index >= 15 is 0 Å². The summed E-state index contributed by atoms with van der Waals surface area (Å²) in [7, 11) is 1.21. The van der Waals surface area contributed by atoms with Crippen molar-refractivity contribution in [2.45, 2.75) is 25.6 Å². The maximum Gasteiger partial charge on any atom is 0.339 e. The highest BCUT2D eigenvalue weighted by atomic mass is 35.5. The Morgan fingerprint density at radius 2 is 2.00 bits per heavy atom. The summed E-state index contributed by atoms with van der Waals surface area (Å²) in [6.45, 7) is 1.83. The van der Waals surface area contributed by atoms with Gasteiger partial charge in [0, 0.05) is 0 Å². The number of benzene rings is 1. The van der Waals surface area contributed by atoms with Gasteiger partial charge in [0.15, 0.2) is 0 Å². The van der Waals surface area contributed by atoms with Crippen LogP contribution in [0.3, 0.4) is 0 Å². The summed E-state index contributed by atoms with van der Waals surface area (Å²) in [4.78, 5) is 22.8.